The molecular formula is C8H12O2S. The van der Waals surface area contributed by atoms with Gasteiger partial charge in [0, 0.05) is 0 Å². The van der Waals surface area contributed by atoms with Crippen LogP contribution in [-0.4, -0.2) is 19.4 Å². The van der Waals surface area contributed by atoms with Crippen LogP contribution in [0.5, 0.6) is 0 Å². The average Bonchev–Trinajstić information content (AvgIpc) is 2.69. The maximum absolute atomic E-state index is 11.4. The van der Waals surface area contributed by atoms with Gasteiger partial charge in [-0.15, -0.1) is 0 Å². The predicted octanol–water partition coefficient (Wildman–Crippen LogP) is 1.14. The molecule has 62 valence electrons. The Morgan fingerprint density at radius 3 is 2.45 bits per heavy atom. The van der Waals surface area contributed by atoms with Crippen LogP contribution in [0.3, 0.4) is 0 Å². The van der Waals surface area contributed by atoms with E-state index in [-0.39, 0.29) is 11.0 Å². The third-order valence-corrected chi connectivity index (χ3v) is 4.63. The second-order valence-corrected chi connectivity index (χ2v) is 5.68. The zero-order chi connectivity index (χ0) is 7.90. The van der Waals surface area contributed by atoms with Gasteiger partial charge in [0.05, 0.1) is 11.0 Å². The number of hydrogen-bond acceptors (Lipinski definition) is 2. The van der Waals surface area contributed by atoms with Crippen LogP contribution in [0.15, 0.2) is 12.2 Å². The highest BCUT2D eigenvalue weighted by Crippen LogP contribution is 2.39. The van der Waals surface area contributed by atoms with Crippen molar-refractivity contribution >= 4 is 9.84 Å². The molecule has 2 nitrogen and oxygen atoms in total. The van der Waals surface area contributed by atoms with Crippen molar-refractivity contribution in [2.24, 2.45) is 5.92 Å². The van der Waals surface area contributed by atoms with Gasteiger partial charge >= 0.3 is 0 Å². The molecule has 2 rings (SSSR count). The number of rotatable bonds is 1. The molecule has 0 spiro atoms. The summed E-state index contributed by atoms with van der Waals surface area (Å²) in [5.41, 5.74) is 0. The summed E-state index contributed by atoms with van der Waals surface area (Å²) >= 11 is 0. The monoisotopic (exact) mass is 172 g/mol. The molecule has 11 heavy (non-hydrogen) atoms. The second kappa shape index (κ2) is 2.34. The van der Waals surface area contributed by atoms with E-state index in [0.717, 1.165) is 19.3 Å². The van der Waals surface area contributed by atoms with Crippen LogP contribution in [-0.2, 0) is 9.84 Å². The van der Waals surface area contributed by atoms with Gasteiger partial charge in [0.2, 0.25) is 0 Å². The minimum Gasteiger partial charge on any atom is -0.228 e. The normalized spacial score (nSPS) is 35.5. The molecule has 1 heterocycles. The van der Waals surface area contributed by atoms with Crippen molar-refractivity contribution in [3.63, 3.8) is 0 Å². The van der Waals surface area contributed by atoms with Gasteiger partial charge in [-0.1, -0.05) is 12.2 Å². The molecule has 0 bridgehead atoms. The Hall–Kier alpha value is -0.310. The third-order valence-electron chi connectivity index (χ3n) is 2.47. The van der Waals surface area contributed by atoms with E-state index in [0.29, 0.717) is 5.92 Å². The van der Waals surface area contributed by atoms with Crippen LogP contribution < -0.4 is 0 Å². The summed E-state index contributed by atoms with van der Waals surface area (Å²) in [6.45, 7) is 0. The van der Waals surface area contributed by atoms with Gasteiger partial charge in [-0.3, -0.25) is 0 Å². The van der Waals surface area contributed by atoms with Crippen molar-refractivity contribution in [3.8, 4) is 0 Å². The van der Waals surface area contributed by atoms with Crippen molar-refractivity contribution in [1.29, 1.82) is 0 Å². The summed E-state index contributed by atoms with van der Waals surface area (Å²) in [6, 6.07) is 0. The second-order valence-electron chi connectivity index (χ2n) is 3.41. The van der Waals surface area contributed by atoms with E-state index in [1.165, 1.54) is 0 Å². The van der Waals surface area contributed by atoms with Crippen LogP contribution in [0.2, 0.25) is 0 Å². The minimum atomic E-state index is -2.75. The maximum atomic E-state index is 11.4. The molecule has 0 aromatic heterocycles. The number of allylic oxidation sites excluding steroid dienone is 1. The molecule has 1 aliphatic heterocycles. The fourth-order valence-electron chi connectivity index (χ4n) is 1.66. The Kier molecular flexibility index (Phi) is 1.56. The summed E-state index contributed by atoms with van der Waals surface area (Å²) < 4.78 is 22.8. The number of hydrogen-bond donors (Lipinski definition) is 0. The van der Waals surface area contributed by atoms with Gasteiger partial charge in [-0.2, -0.15) is 0 Å². The highest BCUT2D eigenvalue weighted by molar-refractivity contribution is 7.92. The third kappa shape index (κ3) is 1.34. The Morgan fingerprint density at radius 2 is 1.91 bits per heavy atom. The van der Waals surface area contributed by atoms with Crippen molar-refractivity contribution in [2.45, 2.75) is 24.5 Å². The van der Waals surface area contributed by atoms with Crippen LogP contribution in [0, 0.1) is 5.92 Å². The molecule has 0 aromatic rings. The first-order valence-corrected chi connectivity index (χ1v) is 5.78. The molecule has 0 amide bonds. The first kappa shape index (κ1) is 7.35. The molecule has 1 atom stereocenters. The quantitative estimate of drug-likeness (QED) is 0.556. The highest BCUT2D eigenvalue weighted by Gasteiger charge is 2.39. The SMILES string of the molecule is O=S1(=O)CC=CCC1C1CC1. The fraction of sp³-hybridized carbons (Fsp3) is 0.750. The Labute approximate surface area is 67.2 Å². The minimum absolute atomic E-state index is 0.0347. The highest BCUT2D eigenvalue weighted by atomic mass is 32.2. The van der Waals surface area contributed by atoms with Gasteiger partial charge in [0.1, 0.15) is 0 Å². The van der Waals surface area contributed by atoms with Gasteiger partial charge in [-0.05, 0) is 25.2 Å². The van der Waals surface area contributed by atoms with Crippen molar-refractivity contribution in [3.05, 3.63) is 12.2 Å². The lowest BCUT2D eigenvalue weighted by molar-refractivity contribution is 0.566. The smallest absolute Gasteiger partial charge is 0.157 e. The van der Waals surface area contributed by atoms with Crippen molar-refractivity contribution in [1.82, 2.24) is 0 Å². The van der Waals surface area contributed by atoms with Crippen LogP contribution >= 0.6 is 0 Å². The molecule has 1 aliphatic carbocycles. The first-order chi connectivity index (χ1) is 5.20. The molecular weight excluding hydrogens is 160 g/mol. The summed E-state index contributed by atoms with van der Waals surface area (Å²) in [6.07, 6.45) is 6.78. The van der Waals surface area contributed by atoms with Crippen LogP contribution in [0.1, 0.15) is 19.3 Å². The molecule has 3 heteroatoms. The Morgan fingerprint density at radius 1 is 1.18 bits per heavy atom. The zero-order valence-electron chi connectivity index (χ0n) is 6.36. The molecule has 0 saturated heterocycles. The van der Waals surface area contributed by atoms with E-state index < -0.39 is 9.84 Å². The number of sulfone groups is 1. The maximum Gasteiger partial charge on any atom is 0.157 e. The van der Waals surface area contributed by atoms with Gasteiger partial charge in [-0.25, -0.2) is 8.42 Å². The van der Waals surface area contributed by atoms with E-state index in [9.17, 15) is 8.42 Å². The zero-order valence-corrected chi connectivity index (χ0v) is 7.18. The van der Waals surface area contributed by atoms with Gasteiger partial charge in [0.25, 0.3) is 0 Å². The first-order valence-electron chi connectivity index (χ1n) is 4.07. The van der Waals surface area contributed by atoms with Crippen LogP contribution in [0.4, 0.5) is 0 Å². The van der Waals surface area contributed by atoms with E-state index in [1.807, 2.05) is 6.08 Å². The standard InChI is InChI=1S/C8H12O2S/c9-11(10)6-2-1-3-8(11)7-4-5-7/h1-2,7-8H,3-6H2. The van der Waals surface area contributed by atoms with Crippen molar-refractivity contribution in [2.75, 3.05) is 5.75 Å². The van der Waals surface area contributed by atoms with E-state index in [4.69, 9.17) is 0 Å². The van der Waals surface area contributed by atoms with E-state index >= 15 is 0 Å². The van der Waals surface area contributed by atoms with Crippen molar-refractivity contribution < 1.29 is 8.42 Å². The Bertz CT molecular complexity index is 272. The van der Waals surface area contributed by atoms with E-state index in [2.05, 4.69) is 0 Å². The molecule has 1 fully saturated rings. The molecule has 2 aliphatic rings. The topological polar surface area (TPSA) is 34.1 Å². The molecule has 0 N–H and O–H groups in total. The molecule has 1 unspecified atom stereocenters. The summed E-state index contributed by atoms with van der Waals surface area (Å²) in [7, 11) is -2.75. The fourth-order valence-corrected chi connectivity index (χ4v) is 3.57. The Balaban J connectivity index is 2.24. The largest absolute Gasteiger partial charge is 0.228 e. The molecule has 0 radical (unpaired) electrons. The lowest BCUT2D eigenvalue weighted by Crippen LogP contribution is -2.27. The predicted molar refractivity (Wildman–Crippen MR) is 44.1 cm³/mol. The van der Waals surface area contributed by atoms with Gasteiger partial charge < -0.3 is 0 Å². The summed E-state index contributed by atoms with van der Waals surface area (Å²) in [5.74, 6) is 0.763. The average molecular weight is 172 g/mol. The van der Waals surface area contributed by atoms with Gasteiger partial charge in [0.15, 0.2) is 9.84 Å². The molecule has 1 saturated carbocycles. The lowest BCUT2D eigenvalue weighted by atomic mass is 10.2. The summed E-state index contributed by atoms with van der Waals surface area (Å²) in [4.78, 5) is 0. The summed E-state index contributed by atoms with van der Waals surface area (Å²) in [5, 5.41) is -0.0347. The lowest BCUT2D eigenvalue weighted by Gasteiger charge is -2.17. The van der Waals surface area contributed by atoms with Crippen LogP contribution in [0.25, 0.3) is 0 Å². The molecule has 0 aromatic carbocycles. The van der Waals surface area contributed by atoms with E-state index in [1.54, 1.807) is 6.08 Å².